The van der Waals surface area contributed by atoms with Gasteiger partial charge in [0.15, 0.2) is 0 Å². The Kier molecular flexibility index (Phi) is 6.86. The molecule has 4 heteroatoms. The maximum atomic E-state index is 12.3. The second-order valence-corrected chi connectivity index (χ2v) is 9.25. The zero-order valence-corrected chi connectivity index (χ0v) is 14.0. The Hall–Kier alpha value is -0.0900. The predicted octanol–water partition coefficient (Wildman–Crippen LogP) is 3.37. The van der Waals surface area contributed by atoms with Gasteiger partial charge in [0, 0.05) is 13.1 Å². The summed E-state index contributed by atoms with van der Waals surface area (Å²) < 4.78 is 26.3. The summed E-state index contributed by atoms with van der Waals surface area (Å²) in [4.78, 5) is 0. The van der Waals surface area contributed by atoms with Crippen molar-refractivity contribution in [3.05, 3.63) is 0 Å². The monoisotopic (exact) mass is 277 g/mol. The van der Waals surface area contributed by atoms with Crippen LogP contribution in [0.25, 0.3) is 0 Å². The van der Waals surface area contributed by atoms with Crippen LogP contribution in [0.4, 0.5) is 0 Å². The number of hydrogen-bond donors (Lipinski definition) is 0. The Morgan fingerprint density at radius 1 is 1.00 bits per heavy atom. The van der Waals surface area contributed by atoms with E-state index < -0.39 is 10.0 Å². The van der Waals surface area contributed by atoms with Gasteiger partial charge >= 0.3 is 0 Å². The Morgan fingerprint density at radius 2 is 1.50 bits per heavy atom. The summed E-state index contributed by atoms with van der Waals surface area (Å²) in [7, 11) is -3.11. The maximum Gasteiger partial charge on any atom is 0.214 e. The molecule has 18 heavy (non-hydrogen) atoms. The molecule has 0 saturated heterocycles. The van der Waals surface area contributed by atoms with Crippen LogP contribution in [-0.4, -0.2) is 31.6 Å². The molecule has 0 aliphatic heterocycles. The van der Waals surface area contributed by atoms with Crippen LogP contribution in [-0.2, 0) is 10.0 Å². The van der Waals surface area contributed by atoms with E-state index in [1.165, 1.54) is 0 Å². The topological polar surface area (TPSA) is 37.4 Å². The summed E-state index contributed by atoms with van der Waals surface area (Å²) in [5.74, 6) is 0.801. The van der Waals surface area contributed by atoms with Crippen molar-refractivity contribution >= 4 is 10.0 Å². The molecule has 0 saturated carbocycles. The number of hydrogen-bond acceptors (Lipinski definition) is 2. The van der Waals surface area contributed by atoms with E-state index in [1.54, 1.807) is 4.31 Å². The summed E-state index contributed by atoms with van der Waals surface area (Å²) in [5, 5.41) is 0. The van der Waals surface area contributed by atoms with Crippen LogP contribution in [0.15, 0.2) is 0 Å². The molecule has 0 aromatic heterocycles. The highest BCUT2D eigenvalue weighted by molar-refractivity contribution is 7.89. The molecule has 0 aliphatic carbocycles. The van der Waals surface area contributed by atoms with E-state index in [-0.39, 0.29) is 17.1 Å². The molecule has 0 amide bonds. The molecule has 0 spiro atoms. The van der Waals surface area contributed by atoms with Crippen LogP contribution in [0.3, 0.4) is 0 Å². The fourth-order valence-corrected chi connectivity index (χ4v) is 3.69. The third-order valence-electron chi connectivity index (χ3n) is 2.62. The average Bonchev–Trinajstić information content (AvgIpc) is 2.07. The average molecular weight is 277 g/mol. The highest BCUT2D eigenvalue weighted by atomic mass is 32.2. The molecule has 0 bridgehead atoms. The smallest absolute Gasteiger partial charge is 0.212 e. The van der Waals surface area contributed by atoms with E-state index in [4.69, 9.17) is 0 Å². The third kappa shape index (κ3) is 8.09. The van der Waals surface area contributed by atoms with Gasteiger partial charge in [0.25, 0.3) is 0 Å². The predicted molar refractivity (Wildman–Crippen MR) is 79.1 cm³/mol. The molecule has 0 atom stereocenters. The van der Waals surface area contributed by atoms with Crippen LogP contribution in [0.1, 0.15) is 54.9 Å². The third-order valence-corrected chi connectivity index (χ3v) is 4.82. The van der Waals surface area contributed by atoms with E-state index in [1.807, 2.05) is 13.8 Å². The molecule has 0 N–H and O–H groups in total. The lowest BCUT2D eigenvalue weighted by Gasteiger charge is -2.28. The molecular formula is C14H31NO2S. The van der Waals surface area contributed by atoms with E-state index >= 15 is 0 Å². The maximum absolute atomic E-state index is 12.3. The summed E-state index contributed by atoms with van der Waals surface area (Å²) in [6.07, 6.45) is 0.900. The Morgan fingerprint density at radius 3 is 1.83 bits per heavy atom. The highest BCUT2D eigenvalue weighted by Crippen LogP contribution is 2.21. The molecule has 0 heterocycles. The van der Waals surface area contributed by atoms with Gasteiger partial charge in [-0.2, -0.15) is 0 Å². The molecule has 3 nitrogen and oxygen atoms in total. The minimum absolute atomic E-state index is 0.169. The molecule has 110 valence electrons. The van der Waals surface area contributed by atoms with Gasteiger partial charge in [-0.1, -0.05) is 48.5 Å². The molecule has 0 radical (unpaired) electrons. The van der Waals surface area contributed by atoms with Crippen molar-refractivity contribution in [1.29, 1.82) is 0 Å². The first-order chi connectivity index (χ1) is 7.94. The minimum Gasteiger partial charge on any atom is -0.212 e. The summed E-state index contributed by atoms with van der Waals surface area (Å²) in [6.45, 7) is 15.7. The molecular weight excluding hydrogens is 246 g/mol. The highest BCUT2D eigenvalue weighted by Gasteiger charge is 2.25. The van der Waals surface area contributed by atoms with Gasteiger partial charge < -0.3 is 0 Å². The minimum atomic E-state index is -3.11. The second kappa shape index (κ2) is 6.90. The number of rotatable bonds is 7. The molecule has 0 rings (SSSR count). The second-order valence-electron chi connectivity index (χ2n) is 7.23. The molecule has 0 fully saturated rings. The van der Waals surface area contributed by atoms with Gasteiger partial charge in [-0.3, -0.25) is 0 Å². The lowest BCUT2D eigenvalue weighted by atomic mass is 9.92. The first-order valence-electron chi connectivity index (χ1n) is 6.92. The van der Waals surface area contributed by atoms with Crippen molar-refractivity contribution in [1.82, 2.24) is 4.31 Å². The van der Waals surface area contributed by atoms with Gasteiger partial charge in [-0.15, -0.1) is 0 Å². The Balaban J connectivity index is 4.77. The quantitative estimate of drug-likeness (QED) is 0.715. The van der Waals surface area contributed by atoms with Gasteiger partial charge in [-0.05, 0) is 23.7 Å². The molecule has 0 aromatic rings. The van der Waals surface area contributed by atoms with Crippen LogP contribution < -0.4 is 0 Å². The van der Waals surface area contributed by atoms with Crippen molar-refractivity contribution in [2.75, 3.05) is 18.8 Å². The number of sulfonamides is 1. The van der Waals surface area contributed by atoms with Gasteiger partial charge in [0.05, 0.1) is 5.75 Å². The fraction of sp³-hybridized carbons (Fsp3) is 1.00. The van der Waals surface area contributed by atoms with Gasteiger partial charge in [-0.25, -0.2) is 12.7 Å². The van der Waals surface area contributed by atoms with E-state index in [9.17, 15) is 8.42 Å². The van der Waals surface area contributed by atoms with Crippen molar-refractivity contribution in [2.45, 2.75) is 54.9 Å². The van der Waals surface area contributed by atoms with Crippen LogP contribution in [0.2, 0.25) is 0 Å². The SMILES string of the molecule is CC(C)CN(CCC(C)(C)C)S(=O)(=O)CC(C)C. The summed E-state index contributed by atoms with van der Waals surface area (Å²) in [6, 6.07) is 0. The van der Waals surface area contributed by atoms with Gasteiger partial charge in [0.2, 0.25) is 10.0 Å². The van der Waals surface area contributed by atoms with Crippen molar-refractivity contribution in [3.8, 4) is 0 Å². The first-order valence-corrected chi connectivity index (χ1v) is 8.53. The van der Waals surface area contributed by atoms with E-state index in [0.29, 0.717) is 19.0 Å². The molecule has 0 aromatic carbocycles. The largest absolute Gasteiger partial charge is 0.214 e. The standard InChI is InChI=1S/C14H31NO2S/c1-12(2)10-15(9-8-14(5,6)7)18(16,17)11-13(3)4/h12-13H,8-11H2,1-7H3. The van der Waals surface area contributed by atoms with Crippen LogP contribution in [0, 0.1) is 17.3 Å². The van der Waals surface area contributed by atoms with Crippen LogP contribution in [0.5, 0.6) is 0 Å². The van der Waals surface area contributed by atoms with Crippen molar-refractivity contribution < 1.29 is 8.42 Å². The lowest BCUT2D eigenvalue weighted by molar-refractivity contribution is 0.293. The van der Waals surface area contributed by atoms with Crippen LogP contribution >= 0.6 is 0 Å². The summed E-state index contributed by atoms with van der Waals surface area (Å²) in [5.41, 5.74) is 0.169. The zero-order chi connectivity index (χ0) is 14.6. The number of nitrogens with zero attached hydrogens (tertiary/aromatic N) is 1. The fourth-order valence-electron chi connectivity index (χ4n) is 1.74. The van der Waals surface area contributed by atoms with Gasteiger partial charge in [0.1, 0.15) is 0 Å². The van der Waals surface area contributed by atoms with E-state index in [0.717, 1.165) is 6.42 Å². The Labute approximate surface area is 114 Å². The van der Waals surface area contributed by atoms with Crippen molar-refractivity contribution in [3.63, 3.8) is 0 Å². The zero-order valence-electron chi connectivity index (χ0n) is 13.2. The lowest BCUT2D eigenvalue weighted by Crippen LogP contribution is -2.38. The van der Waals surface area contributed by atoms with Crippen molar-refractivity contribution in [2.24, 2.45) is 17.3 Å². The van der Waals surface area contributed by atoms with E-state index in [2.05, 4.69) is 34.6 Å². The Bertz CT molecular complexity index is 326. The normalized spacial score (nSPS) is 13.9. The molecule has 0 aliphatic rings. The molecule has 0 unspecified atom stereocenters. The first kappa shape index (κ1) is 17.9. The summed E-state index contributed by atoms with van der Waals surface area (Å²) >= 11 is 0.